The highest BCUT2D eigenvalue weighted by Gasteiger charge is 2.59. The van der Waals surface area contributed by atoms with Gasteiger partial charge >= 0.3 is 41.1 Å². The topological polar surface area (TPSA) is 548 Å². The van der Waals surface area contributed by atoms with Gasteiger partial charge in [-0.1, -0.05) is 54.6 Å². The van der Waals surface area contributed by atoms with Gasteiger partial charge in [0.15, 0.2) is 63.7 Å². The minimum Gasteiger partial charge on any atom is -0.479 e. The molecule has 0 amide bonds. The summed E-state index contributed by atoms with van der Waals surface area (Å²) in [7, 11) is -11.5. The van der Waals surface area contributed by atoms with Crippen molar-refractivity contribution < 1.29 is 117 Å². The molecule has 3 fully saturated rings. The molecular weight excluding hydrogens is 1610 g/mol. The largest absolute Gasteiger partial charge is 0.479 e. The molecule has 3 aromatic carbocycles. The summed E-state index contributed by atoms with van der Waals surface area (Å²) in [6.07, 6.45) is -9.60. The maximum absolute atomic E-state index is 15.9. The monoisotopic (exact) mass is 1700 g/mol. The predicted molar refractivity (Wildman–Crippen MR) is 410 cm³/mol. The Labute approximate surface area is 666 Å². The van der Waals surface area contributed by atoms with Crippen LogP contribution in [0.2, 0.25) is 0 Å². The number of nitrogens with zero attached hydrogens (tertiary/aromatic N) is 11. The number of benzene rings is 3. The molecule has 41 nitrogen and oxygen atoms in total. The maximum Gasteiger partial charge on any atom is 0.459 e. The summed E-state index contributed by atoms with van der Waals surface area (Å²) >= 11 is 0. The van der Waals surface area contributed by atoms with Crippen molar-refractivity contribution >= 4 is 92.5 Å². The summed E-state index contributed by atoms with van der Waals surface area (Å²) in [4.78, 5) is 83.7. The first-order valence-electron chi connectivity index (χ1n) is 36.3. The van der Waals surface area contributed by atoms with E-state index in [-0.39, 0.29) is 68.9 Å². The van der Waals surface area contributed by atoms with Crippen molar-refractivity contribution in [1.29, 1.82) is 0 Å². The Morgan fingerprint density at radius 2 is 0.838 bits per heavy atom. The zero-order valence-electron chi connectivity index (χ0n) is 65.4. The van der Waals surface area contributed by atoms with Crippen LogP contribution in [-0.4, -0.2) is 209 Å². The van der Waals surface area contributed by atoms with Gasteiger partial charge in [-0.2, -0.15) is 35.2 Å². The van der Waals surface area contributed by atoms with Crippen LogP contribution in [0, 0.1) is 0 Å². The van der Waals surface area contributed by atoms with Crippen LogP contribution in [0.15, 0.2) is 121 Å². The lowest BCUT2D eigenvalue weighted by atomic mass is 9.98. The van der Waals surface area contributed by atoms with Gasteiger partial charge in [0, 0.05) is 0 Å². The Morgan fingerprint density at radius 1 is 0.504 bits per heavy atom. The molecule has 117 heavy (non-hydrogen) atoms. The van der Waals surface area contributed by atoms with Crippen LogP contribution in [0.4, 0.5) is 31.0 Å². The molecule has 12 rings (SSSR count). The summed E-state index contributed by atoms with van der Waals surface area (Å²) in [6, 6.07) is 21.0. The molecular formula is C70H92F3N18O23P3. The number of rotatable bonds is 31. The van der Waals surface area contributed by atoms with Crippen molar-refractivity contribution in [2.45, 2.75) is 192 Å². The van der Waals surface area contributed by atoms with Crippen LogP contribution in [0.1, 0.15) is 102 Å². The number of hydrogen-bond donors (Lipinski definition) is 10. The fourth-order valence-corrected chi connectivity index (χ4v) is 16.4. The third-order valence-corrected chi connectivity index (χ3v) is 22.5. The van der Waals surface area contributed by atoms with Gasteiger partial charge in [-0.3, -0.25) is 51.4 Å². The van der Waals surface area contributed by atoms with Crippen LogP contribution in [0.25, 0.3) is 33.5 Å². The minimum absolute atomic E-state index is 0.0478. The van der Waals surface area contributed by atoms with E-state index in [4.69, 9.17) is 77.5 Å². The number of halogens is 3. The zero-order valence-corrected chi connectivity index (χ0v) is 68.1. The maximum atomic E-state index is 15.9. The van der Waals surface area contributed by atoms with E-state index in [1.165, 1.54) is 80.1 Å². The lowest BCUT2D eigenvalue weighted by Gasteiger charge is -2.25. The minimum atomic E-state index is -4.31. The number of nitrogens with one attached hydrogen (secondary N) is 4. The standard InChI is InChI=1S/C24H32FN6O8P.C23H30FN6O8P.C23H30FN6O7P/c1-13(2)37-21(33)14(3)30-40(34,39-15-9-7-6-8-10-15)36-11-16-18(32)24(4,25)22(38-16)31-12-27-17-19(31)28-23(26)29-20(17)35-5;1-12(2)36-20(33)13(3)29-39(34,38-14-8-6-5-7-9-14)35-10-15-17(31)23(4,24)21(37-15)30-11-26-16-18(30)27-22(25)28-19(16)32;1-13(2)35-20(32)14(3)29-38(33,37-15-8-6-5-7-9-15)34-11-17-18(31)23(4,24)21(36-17)30-12-27-16-10-26-22(25)28-19(16)30/h6-10,12-14,16,18,22,32H,11H2,1-5H3,(H,30,34)(H2,26,28,29);5-9,11-13,15,17,21,31H,10H2,1-4H3,(H,29,34)(H3,25,27,28,32);5-10,12-14,17-18,21,31H,11H2,1-4H3,(H,29,33)(H2,25,26,28)/t14-,16-,18-,22-,24-,40+;13-,15-,17-,21-,23-,39+;14-,17-,18-,21-,23-,38+/m111/s1. The highest BCUT2D eigenvalue weighted by molar-refractivity contribution is 7.52. The fourth-order valence-electron chi connectivity index (χ4n) is 11.9. The first-order chi connectivity index (χ1) is 55.0. The van der Waals surface area contributed by atoms with E-state index in [2.05, 4.69) is 60.1 Å². The van der Waals surface area contributed by atoms with Crippen molar-refractivity contribution in [2.24, 2.45) is 0 Å². The van der Waals surface area contributed by atoms with Gasteiger partial charge in [-0.05, 0) is 119 Å². The molecule has 0 radical (unpaired) electrons. The highest BCUT2D eigenvalue weighted by Crippen LogP contribution is 2.52. The molecule has 0 aliphatic carbocycles. The van der Waals surface area contributed by atoms with E-state index in [0.29, 0.717) is 5.52 Å². The Balaban J connectivity index is 0.000000185. The molecule has 18 atom stereocenters. The molecule has 9 heterocycles. The average Bonchev–Trinajstić information content (AvgIpc) is 1.61. The van der Waals surface area contributed by atoms with Crippen molar-refractivity contribution in [3.05, 3.63) is 127 Å². The number of carbonyl (C=O) groups is 3. The van der Waals surface area contributed by atoms with Crippen LogP contribution in [-0.2, 0) is 70.1 Å². The van der Waals surface area contributed by atoms with Gasteiger partial charge in [0.2, 0.25) is 23.7 Å². The Hall–Kier alpha value is -9.88. The first-order valence-corrected chi connectivity index (χ1v) is 40.9. The van der Waals surface area contributed by atoms with Gasteiger partial charge in [-0.15, -0.1) is 0 Å². The SMILES string of the molecule is CC(C)OC(=O)[C@@H](C)N[P@](=O)(OC[C@H]1O[C@@H](n2cnc3c(=O)[nH]c(N)nc32)[C@](C)(F)[C@@H]1O)Oc1ccccc1.CC(C)OC(=O)[C@@H](C)N[P@](=O)(OC[C@H]1O[C@@H](n2cnc3cnc(N)nc32)[C@](C)(F)[C@@H]1O)Oc1ccccc1.COc1nc(N)nc2c1ncn2[C@@H]1O[C@H](CO[P@@](=O)(N[C@H](C)C(=O)OC(C)C)Oc2ccccc2)[C@@H](O)[C@@]1(C)F. The predicted octanol–water partition coefficient (Wildman–Crippen LogP) is 6.89. The van der Waals surface area contributed by atoms with E-state index < -0.39 is 175 Å². The highest BCUT2D eigenvalue weighted by atomic mass is 31.2. The second-order valence-electron chi connectivity index (χ2n) is 28.3. The summed E-state index contributed by atoms with van der Waals surface area (Å²) in [5, 5.41) is 40.0. The zero-order chi connectivity index (χ0) is 85.4. The Morgan fingerprint density at radius 3 is 1.20 bits per heavy atom. The number of H-pyrrole nitrogens is 1. The summed E-state index contributed by atoms with van der Waals surface area (Å²) < 4.78 is 164. The number of anilines is 3. The summed E-state index contributed by atoms with van der Waals surface area (Å²) in [5.74, 6) is -1.86. The fraction of sp³-hybridized carbons (Fsp3) is 0.486. The number of aromatic amines is 1. The molecule has 0 unspecified atom stereocenters. The molecule has 6 aromatic heterocycles. The third-order valence-electron chi connectivity index (χ3n) is 17.6. The van der Waals surface area contributed by atoms with Gasteiger partial charge in [-0.25, -0.2) is 46.8 Å². The van der Waals surface area contributed by atoms with E-state index >= 15 is 13.2 Å². The number of esters is 3. The quantitative estimate of drug-likeness (QED) is 0.0120. The number of carbonyl (C=O) groups excluding carboxylic acids is 3. The van der Waals surface area contributed by atoms with Gasteiger partial charge in [0.05, 0.1) is 70.4 Å². The molecule has 47 heteroatoms. The van der Waals surface area contributed by atoms with Crippen LogP contribution in [0.5, 0.6) is 23.1 Å². The third kappa shape index (κ3) is 21.4. The first kappa shape index (κ1) is 89.5. The molecule has 0 saturated carbocycles. The molecule has 3 aliphatic heterocycles. The molecule has 13 N–H and O–H groups in total. The lowest BCUT2D eigenvalue weighted by Crippen LogP contribution is -2.41. The van der Waals surface area contributed by atoms with Crippen LogP contribution < -0.4 is 56.3 Å². The van der Waals surface area contributed by atoms with Crippen LogP contribution in [0.3, 0.4) is 0 Å². The number of aliphatic hydroxyl groups is 3. The molecule has 0 bridgehead atoms. The van der Waals surface area contributed by atoms with Crippen molar-refractivity contribution in [1.82, 2.24) is 73.8 Å². The van der Waals surface area contributed by atoms with E-state index in [0.717, 1.165) is 31.7 Å². The molecule has 9 aromatic rings. The van der Waals surface area contributed by atoms with Gasteiger partial charge in [0.1, 0.15) is 77.5 Å². The van der Waals surface area contributed by atoms with Crippen LogP contribution >= 0.6 is 23.2 Å². The lowest BCUT2D eigenvalue weighted by molar-refractivity contribution is -0.150. The molecule has 3 aliphatic rings. The number of aliphatic hydroxyl groups excluding tert-OH is 3. The van der Waals surface area contributed by atoms with Gasteiger partial charge < -0.3 is 79.2 Å². The number of imidazole rings is 3. The van der Waals surface area contributed by atoms with E-state index in [1.807, 2.05) is 0 Å². The number of ether oxygens (including phenoxy) is 7. The number of para-hydroxylation sites is 3. The molecule has 0 spiro atoms. The normalized spacial score (nSPS) is 25.4. The average molecular weight is 1700 g/mol. The Bertz CT molecular complexity index is 5140. The molecule has 3 saturated heterocycles. The Kier molecular flexibility index (Phi) is 28.3. The second kappa shape index (κ2) is 37.0. The molecule has 636 valence electrons. The number of nitrogen functional groups attached to an aromatic ring is 3. The number of alkyl halides is 3. The number of hydrogen-bond acceptors (Lipinski definition) is 34. The van der Waals surface area contributed by atoms with E-state index in [9.17, 15) is 48.2 Å². The number of fused-ring (bicyclic) bond motifs is 3. The van der Waals surface area contributed by atoms with E-state index in [1.54, 1.807) is 108 Å². The number of aromatic nitrogens is 12. The van der Waals surface area contributed by atoms with Gasteiger partial charge in [0.25, 0.3) is 5.56 Å². The second-order valence-corrected chi connectivity index (χ2v) is 33.3. The number of methoxy groups -OCH3 is 1. The number of nitrogens with two attached hydrogens (primary N) is 3. The van der Waals surface area contributed by atoms with Crippen molar-refractivity contribution in [3.63, 3.8) is 0 Å². The smallest absolute Gasteiger partial charge is 0.459 e. The van der Waals surface area contributed by atoms with Crippen molar-refractivity contribution in [3.8, 4) is 23.1 Å². The van der Waals surface area contributed by atoms with Crippen molar-refractivity contribution in [2.75, 3.05) is 44.1 Å². The summed E-state index contributed by atoms with van der Waals surface area (Å²) in [6.45, 7) is 15.9. The summed E-state index contributed by atoms with van der Waals surface area (Å²) in [5.41, 5.74) is 10.0.